The minimum Gasteiger partial charge on any atom is -0.383 e. The topological polar surface area (TPSA) is 61.0 Å². The van der Waals surface area contributed by atoms with Crippen molar-refractivity contribution in [2.45, 2.75) is 38.4 Å². The maximum absolute atomic E-state index is 5.99. The predicted octanol–water partition coefficient (Wildman–Crippen LogP) is 2.54. The van der Waals surface area contributed by atoms with Gasteiger partial charge in [-0.2, -0.15) is 11.8 Å². The molecule has 2 heterocycles. The molecule has 0 fully saturated rings. The fourth-order valence-electron chi connectivity index (χ4n) is 2.06. The highest BCUT2D eigenvalue weighted by molar-refractivity contribution is 7.98. The van der Waals surface area contributed by atoms with Crippen molar-refractivity contribution in [1.82, 2.24) is 9.97 Å². The summed E-state index contributed by atoms with van der Waals surface area (Å²) in [6.07, 6.45) is -0.124. The smallest absolute Gasteiger partial charge is 0.160 e. The number of fused-ring (bicyclic) bond motifs is 1. The number of hydrogen-bond acceptors (Lipinski definition) is 5. The van der Waals surface area contributed by atoms with Crippen LogP contribution in [0.15, 0.2) is 0 Å². The van der Waals surface area contributed by atoms with Gasteiger partial charge in [-0.1, -0.05) is 20.8 Å². The maximum Gasteiger partial charge on any atom is 0.160 e. The maximum atomic E-state index is 5.99. The van der Waals surface area contributed by atoms with Crippen LogP contribution in [0.5, 0.6) is 0 Å². The van der Waals surface area contributed by atoms with Gasteiger partial charge in [0.1, 0.15) is 11.9 Å². The van der Waals surface area contributed by atoms with E-state index < -0.39 is 0 Å². The van der Waals surface area contributed by atoms with Crippen LogP contribution in [0.3, 0.4) is 0 Å². The Bertz CT molecular complexity index is 428. The molecule has 0 radical (unpaired) electrons. The van der Waals surface area contributed by atoms with Crippen LogP contribution < -0.4 is 5.73 Å². The molecule has 1 atom stereocenters. The third kappa shape index (κ3) is 2.40. The molecular weight excluding hydrogens is 234 g/mol. The number of aromatic nitrogens is 2. The van der Waals surface area contributed by atoms with Crippen molar-refractivity contribution >= 4 is 17.6 Å². The van der Waals surface area contributed by atoms with E-state index in [-0.39, 0.29) is 11.5 Å². The van der Waals surface area contributed by atoms with Gasteiger partial charge in [0.2, 0.25) is 0 Å². The molecule has 1 aromatic rings. The molecule has 1 aromatic heterocycles. The van der Waals surface area contributed by atoms with E-state index in [4.69, 9.17) is 10.5 Å². The molecule has 17 heavy (non-hydrogen) atoms. The lowest BCUT2D eigenvalue weighted by Crippen LogP contribution is -2.23. The molecule has 0 bridgehead atoms. The number of hydrogen-bond donors (Lipinski definition) is 1. The van der Waals surface area contributed by atoms with Crippen molar-refractivity contribution < 1.29 is 4.74 Å². The van der Waals surface area contributed by atoms with Gasteiger partial charge in [-0.25, -0.2) is 9.97 Å². The number of methoxy groups -OCH3 is 1. The fraction of sp³-hybridized carbons (Fsp3) is 0.667. The van der Waals surface area contributed by atoms with Crippen molar-refractivity contribution in [3.8, 4) is 0 Å². The summed E-state index contributed by atoms with van der Waals surface area (Å²) in [5.74, 6) is 3.17. The normalized spacial score (nSPS) is 16.9. The summed E-state index contributed by atoms with van der Waals surface area (Å²) in [5, 5.41) is 0. The standard InChI is InChI=1S/C12H19N3OS/c1-12(2,3)9(16-4)11-14-8-6-17-5-7(8)10(13)15-11/h9H,5-6H2,1-4H3,(H2,13,14,15). The Balaban J connectivity index is 2.43. The Labute approximate surface area is 106 Å². The van der Waals surface area contributed by atoms with Crippen molar-refractivity contribution in [2.75, 3.05) is 12.8 Å². The first-order valence-corrected chi connectivity index (χ1v) is 6.84. The van der Waals surface area contributed by atoms with Crippen LogP contribution in [0.4, 0.5) is 5.82 Å². The molecule has 1 aliphatic rings. The van der Waals surface area contributed by atoms with Crippen LogP contribution in [0, 0.1) is 5.41 Å². The lowest BCUT2D eigenvalue weighted by molar-refractivity contribution is 0.00864. The second-order valence-electron chi connectivity index (χ2n) is 5.37. The van der Waals surface area contributed by atoms with Crippen LogP contribution in [0.2, 0.25) is 0 Å². The van der Waals surface area contributed by atoms with E-state index in [1.807, 2.05) is 11.8 Å². The van der Waals surface area contributed by atoms with Gasteiger partial charge in [0.15, 0.2) is 5.82 Å². The average molecular weight is 253 g/mol. The molecule has 0 amide bonds. The van der Waals surface area contributed by atoms with E-state index in [0.29, 0.717) is 11.6 Å². The summed E-state index contributed by atoms with van der Waals surface area (Å²) < 4.78 is 5.53. The Morgan fingerprint density at radius 1 is 1.29 bits per heavy atom. The van der Waals surface area contributed by atoms with Gasteiger partial charge >= 0.3 is 0 Å². The van der Waals surface area contributed by atoms with Gasteiger partial charge in [-0.15, -0.1) is 0 Å². The SMILES string of the molecule is COC(c1nc(N)c2c(n1)CSC2)C(C)(C)C. The number of nitrogens with two attached hydrogens (primary N) is 1. The van der Waals surface area contributed by atoms with Crippen LogP contribution in [0.25, 0.3) is 0 Å². The number of nitrogen functional groups attached to an aromatic ring is 1. The number of thioether (sulfide) groups is 1. The minimum atomic E-state index is -0.124. The molecule has 94 valence electrons. The summed E-state index contributed by atoms with van der Waals surface area (Å²) in [6, 6.07) is 0. The zero-order chi connectivity index (χ0) is 12.6. The highest BCUT2D eigenvalue weighted by atomic mass is 32.2. The number of rotatable bonds is 2. The molecule has 0 saturated carbocycles. The third-order valence-electron chi connectivity index (χ3n) is 2.88. The molecule has 5 heteroatoms. The van der Waals surface area contributed by atoms with Crippen LogP contribution >= 0.6 is 11.8 Å². The Morgan fingerprint density at radius 3 is 2.59 bits per heavy atom. The van der Waals surface area contributed by atoms with E-state index in [1.165, 1.54) is 0 Å². The van der Waals surface area contributed by atoms with Crippen molar-refractivity contribution in [3.05, 3.63) is 17.1 Å². The van der Waals surface area contributed by atoms with E-state index in [2.05, 4.69) is 30.7 Å². The van der Waals surface area contributed by atoms with Crippen LogP contribution in [-0.2, 0) is 16.2 Å². The molecule has 1 aliphatic heterocycles. The quantitative estimate of drug-likeness (QED) is 0.877. The predicted molar refractivity (Wildman–Crippen MR) is 70.6 cm³/mol. The second kappa shape index (κ2) is 4.46. The highest BCUT2D eigenvalue weighted by Crippen LogP contribution is 2.37. The molecule has 0 aromatic carbocycles. The monoisotopic (exact) mass is 253 g/mol. The second-order valence-corrected chi connectivity index (χ2v) is 6.35. The summed E-state index contributed by atoms with van der Waals surface area (Å²) in [6.45, 7) is 6.34. The summed E-state index contributed by atoms with van der Waals surface area (Å²) in [4.78, 5) is 9.03. The summed E-state index contributed by atoms with van der Waals surface area (Å²) in [7, 11) is 1.69. The summed E-state index contributed by atoms with van der Waals surface area (Å²) in [5.41, 5.74) is 8.12. The van der Waals surface area contributed by atoms with Gasteiger partial charge in [0.25, 0.3) is 0 Å². The zero-order valence-electron chi connectivity index (χ0n) is 10.8. The first-order valence-electron chi connectivity index (χ1n) is 5.69. The first kappa shape index (κ1) is 12.6. The zero-order valence-corrected chi connectivity index (χ0v) is 11.6. The lowest BCUT2D eigenvalue weighted by Gasteiger charge is -2.28. The highest BCUT2D eigenvalue weighted by Gasteiger charge is 2.30. The molecule has 0 spiro atoms. The lowest BCUT2D eigenvalue weighted by atomic mass is 9.88. The van der Waals surface area contributed by atoms with Crippen LogP contribution in [-0.4, -0.2) is 17.1 Å². The van der Waals surface area contributed by atoms with Gasteiger partial charge < -0.3 is 10.5 Å². The molecule has 0 aliphatic carbocycles. The molecule has 0 saturated heterocycles. The van der Waals surface area contributed by atoms with Crippen molar-refractivity contribution in [3.63, 3.8) is 0 Å². The molecular formula is C12H19N3OS. The summed E-state index contributed by atoms with van der Waals surface area (Å²) >= 11 is 1.83. The Morgan fingerprint density at radius 2 is 2.00 bits per heavy atom. The van der Waals surface area contributed by atoms with E-state index in [0.717, 1.165) is 22.8 Å². The van der Waals surface area contributed by atoms with Crippen LogP contribution in [0.1, 0.15) is 44.0 Å². The largest absolute Gasteiger partial charge is 0.383 e. The molecule has 4 nitrogen and oxygen atoms in total. The molecule has 2 rings (SSSR count). The van der Waals surface area contributed by atoms with Gasteiger partial charge in [0, 0.05) is 24.2 Å². The van der Waals surface area contributed by atoms with E-state index in [1.54, 1.807) is 7.11 Å². The number of nitrogens with zero attached hydrogens (tertiary/aromatic N) is 2. The van der Waals surface area contributed by atoms with E-state index in [9.17, 15) is 0 Å². The van der Waals surface area contributed by atoms with Gasteiger partial charge in [0.05, 0.1) is 5.69 Å². The fourth-order valence-corrected chi connectivity index (χ4v) is 3.11. The van der Waals surface area contributed by atoms with E-state index >= 15 is 0 Å². The van der Waals surface area contributed by atoms with Gasteiger partial charge in [-0.3, -0.25) is 0 Å². The Hall–Kier alpha value is -0.810. The molecule has 2 N–H and O–H groups in total. The minimum absolute atomic E-state index is 0.0405. The Kier molecular flexibility index (Phi) is 3.32. The average Bonchev–Trinajstić information content (AvgIpc) is 2.64. The number of anilines is 1. The van der Waals surface area contributed by atoms with Gasteiger partial charge in [-0.05, 0) is 5.41 Å². The van der Waals surface area contributed by atoms with Crippen molar-refractivity contribution in [2.24, 2.45) is 5.41 Å². The molecule has 1 unspecified atom stereocenters. The number of ether oxygens (including phenoxy) is 1. The van der Waals surface area contributed by atoms with Crippen molar-refractivity contribution in [1.29, 1.82) is 0 Å². The third-order valence-corrected chi connectivity index (χ3v) is 3.85. The first-order chi connectivity index (χ1) is 7.93.